The number of aliphatic hydroxyl groups is 1. The van der Waals surface area contributed by atoms with Gasteiger partial charge in [0.1, 0.15) is 13.2 Å². The third-order valence-electron chi connectivity index (χ3n) is 4.02. The van der Waals surface area contributed by atoms with E-state index in [1.54, 1.807) is 0 Å². The molecular formula is C17H25NO3. The van der Waals surface area contributed by atoms with Crippen molar-refractivity contribution in [2.75, 3.05) is 26.3 Å². The van der Waals surface area contributed by atoms with Crippen LogP contribution in [0.15, 0.2) is 18.2 Å². The molecule has 1 aromatic rings. The van der Waals surface area contributed by atoms with Gasteiger partial charge in [0.15, 0.2) is 11.5 Å². The van der Waals surface area contributed by atoms with E-state index in [9.17, 15) is 5.11 Å². The number of nitrogens with zero attached hydrogens (tertiary/aromatic N) is 1. The van der Waals surface area contributed by atoms with E-state index in [0.29, 0.717) is 31.7 Å². The second-order valence-electron chi connectivity index (χ2n) is 6.50. The van der Waals surface area contributed by atoms with Gasteiger partial charge in [-0.15, -0.1) is 0 Å². The van der Waals surface area contributed by atoms with Gasteiger partial charge in [0.05, 0.1) is 6.10 Å². The molecule has 1 fully saturated rings. The zero-order chi connectivity index (χ0) is 14.8. The molecule has 0 spiro atoms. The van der Waals surface area contributed by atoms with Crippen molar-refractivity contribution in [2.24, 2.45) is 5.92 Å². The Labute approximate surface area is 126 Å². The lowest BCUT2D eigenvalue weighted by atomic mass is 10.1. The average molecular weight is 291 g/mol. The molecule has 21 heavy (non-hydrogen) atoms. The molecule has 1 saturated carbocycles. The number of hydrogen-bond donors (Lipinski definition) is 1. The van der Waals surface area contributed by atoms with Crippen LogP contribution >= 0.6 is 0 Å². The molecular weight excluding hydrogens is 266 g/mol. The molecule has 1 atom stereocenters. The van der Waals surface area contributed by atoms with Gasteiger partial charge in [-0.1, -0.05) is 19.9 Å². The van der Waals surface area contributed by atoms with E-state index >= 15 is 0 Å². The minimum atomic E-state index is -0.472. The fourth-order valence-corrected chi connectivity index (χ4v) is 2.88. The minimum Gasteiger partial charge on any atom is -0.486 e. The first kappa shape index (κ1) is 14.7. The highest BCUT2D eigenvalue weighted by molar-refractivity contribution is 5.44. The number of rotatable bonds is 6. The maximum atomic E-state index is 10.5. The number of ether oxygens (including phenoxy) is 2. The molecule has 4 nitrogen and oxygen atoms in total. The SMILES string of the molecule is CC(C)CN(CC(O)c1ccc2c(c1)OCCO2)C1CC1. The molecule has 0 aromatic heterocycles. The summed E-state index contributed by atoms with van der Waals surface area (Å²) in [5.41, 5.74) is 0.911. The van der Waals surface area contributed by atoms with Crippen LogP contribution in [0.4, 0.5) is 0 Å². The molecule has 0 radical (unpaired) electrons. The molecule has 0 saturated heterocycles. The zero-order valence-electron chi connectivity index (χ0n) is 12.9. The van der Waals surface area contributed by atoms with Crippen molar-refractivity contribution in [1.29, 1.82) is 0 Å². The molecule has 1 aromatic carbocycles. The molecule has 1 unspecified atom stereocenters. The van der Waals surface area contributed by atoms with Crippen molar-refractivity contribution >= 4 is 0 Å². The smallest absolute Gasteiger partial charge is 0.161 e. The summed E-state index contributed by atoms with van der Waals surface area (Å²) in [5.74, 6) is 2.15. The van der Waals surface area contributed by atoms with Crippen LogP contribution in [0, 0.1) is 5.92 Å². The predicted molar refractivity (Wildman–Crippen MR) is 81.8 cm³/mol. The van der Waals surface area contributed by atoms with Crippen LogP contribution in [0.1, 0.15) is 38.4 Å². The van der Waals surface area contributed by atoms with Crippen molar-refractivity contribution in [3.05, 3.63) is 23.8 Å². The number of aliphatic hydroxyl groups excluding tert-OH is 1. The van der Waals surface area contributed by atoms with Gasteiger partial charge < -0.3 is 14.6 Å². The van der Waals surface area contributed by atoms with Gasteiger partial charge in [-0.2, -0.15) is 0 Å². The minimum absolute atomic E-state index is 0.472. The maximum Gasteiger partial charge on any atom is 0.161 e. The Morgan fingerprint density at radius 2 is 1.86 bits per heavy atom. The van der Waals surface area contributed by atoms with Crippen LogP contribution in [-0.2, 0) is 0 Å². The second kappa shape index (κ2) is 6.24. The summed E-state index contributed by atoms with van der Waals surface area (Å²) in [6.07, 6.45) is 2.06. The zero-order valence-corrected chi connectivity index (χ0v) is 12.9. The van der Waals surface area contributed by atoms with Gasteiger partial charge in [0.25, 0.3) is 0 Å². The van der Waals surface area contributed by atoms with E-state index in [1.165, 1.54) is 12.8 Å². The maximum absolute atomic E-state index is 10.5. The van der Waals surface area contributed by atoms with Crippen molar-refractivity contribution < 1.29 is 14.6 Å². The average Bonchev–Trinajstić information content (AvgIpc) is 3.30. The molecule has 1 aliphatic heterocycles. The molecule has 0 bridgehead atoms. The second-order valence-corrected chi connectivity index (χ2v) is 6.50. The first-order valence-electron chi connectivity index (χ1n) is 7.95. The Bertz CT molecular complexity index is 485. The van der Waals surface area contributed by atoms with E-state index in [4.69, 9.17) is 9.47 Å². The van der Waals surface area contributed by atoms with Crippen LogP contribution in [-0.4, -0.2) is 42.4 Å². The molecule has 4 heteroatoms. The summed E-state index contributed by atoms with van der Waals surface area (Å²) in [6, 6.07) is 6.43. The summed E-state index contributed by atoms with van der Waals surface area (Å²) >= 11 is 0. The van der Waals surface area contributed by atoms with Crippen LogP contribution in [0.25, 0.3) is 0 Å². The van der Waals surface area contributed by atoms with Crippen molar-refractivity contribution in [3.8, 4) is 11.5 Å². The monoisotopic (exact) mass is 291 g/mol. The molecule has 0 amide bonds. The molecule has 3 rings (SSSR count). The lowest BCUT2D eigenvalue weighted by Gasteiger charge is -2.27. The largest absolute Gasteiger partial charge is 0.486 e. The van der Waals surface area contributed by atoms with Crippen LogP contribution in [0.2, 0.25) is 0 Å². The summed E-state index contributed by atoms with van der Waals surface area (Å²) < 4.78 is 11.1. The molecule has 1 aliphatic carbocycles. The molecule has 1 N–H and O–H groups in total. The summed E-state index contributed by atoms with van der Waals surface area (Å²) in [5, 5.41) is 10.5. The summed E-state index contributed by atoms with van der Waals surface area (Å²) in [7, 11) is 0. The van der Waals surface area contributed by atoms with Gasteiger partial charge in [-0.3, -0.25) is 4.90 Å². The van der Waals surface area contributed by atoms with Gasteiger partial charge in [0, 0.05) is 19.1 Å². The number of fused-ring (bicyclic) bond motifs is 1. The summed E-state index contributed by atoms with van der Waals surface area (Å²) in [4.78, 5) is 2.42. The Hall–Kier alpha value is -1.26. The van der Waals surface area contributed by atoms with Gasteiger partial charge in [0.2, 0.25) is 0 Å². The van der Waals surface area contributed by atoms with Gasteiger partial charge in [-0.25, -0.2) is 0 Å². The lowest BCUT2D eigenvalue weighted by Crippen LogP contribution is -2.34. The molecule has 2 aliphatic rings. The van der Waals surface area contributed by atoms with E-state index in [1.807, 2.05) is 18.2 Å². The van der Waals surface area contributed by atoms with E-state index in [2.05, 4.69) is 18.7 Å². The molecule has 116 valence electrons. The van der Waals surface area contributed by atoms with Gasteiger partial charge in [-0.05, 0) is 36.5 Å². The fourth-order valence-electron chi connectivity index (χ4n) is 2.88. The topological polar surface area (TPSA) is 41.9 Å². The first-order valence-corrected chi connectivity index (χ1v) is 7.95. The van der Waals surface area contributed by atoms with Crippen molar-refractivity contribution in [3.63, 3.8) is 0 Å². The highest BCUT2D eigenvalue weighted by Gasteiger charge is 2.31. The normalized spacial score (nSPS) is 19.1. The standard InChI is InChI=1S/C17H25NO3/c1-12(2)10-18(14-4-5-14)11-15(19)13-3-6-16-17(9-13)21-8-7-20-16/h3,6,9,12,14-15,19H,4-5,7-8,10-11H2,1-2H3. The van der Waals surface area contributed by atoms with Crippen molar-refractivity contribution in [2.45, 2.75) is 38.8 Å². The first-order chi connectivity index (χ1) is 10.1. The van der Waals surface area contributed by atoms with E-state index in [-0.39, 0.29) is 0 Å². The lowest BCUT2D eigenvalue weighted by molar-refractivity contribution is 0.100. The highest BCUT2D eigenvalue weighted by Crippen LogP contribution is 2.34. The van der Waals surface area contributed by atoms with Crippen LogP contribution in [0.5, 0.6) is 11.5 Å². The predicted octanol–water partition coefficient (Wildman–Crippen LogP) is 2.61. The summed E-state index contributed by atoms with van der Waals surface area (Å²) in [6.45, 7) is 7.37. The number of hydrogen-bond acceptors (Lipinski definition) is 4. The molecule has 1 heterocycles. The third kappa shape index (κ3) is 3.69. The fraction of sp³-hybridized carbons (Fsp3) is 0.647. The quantitative estimate of drug-likeness (QED) is 0.875. The van der Waals surface area contributed by atoms with E-state index < -0.39 is 6.10 Å². The Balaban J connectivity index is 1.67. The Morgan fingerprint density at radius 1 is 1.14 bits per heavy atom. The van der Waals surface area contributed by atoms with Gasteiger partial charge >= 0.3 is 0 Å². The van der Waals surface area contributed by atoms with E-state index in [0.717, 1.165) is 23.6 Å². The van der Waals surface area contributed by atoms with Crippen LogP contribution < -0.4 is 9.47 Å². The Morgan fingerprint density at radius 3 is 2.52 bits per heavy atom. The highest BCUT2D eigenvalue weighted by atomic mass is 16.6. The van der Waals surface area contributed by atoms with Crippen molar-refractivity contribution in [1.82, 2.24) is 4.90 Å². The number of benzene rings is 1. The van der Waals surface area contributed by atoms with Crippen LogP contribution in [0.3, 0.4) is 0 Å². The Kier molecular flexibility index (Phi) is 4.36. The third-order valence-corrected chi connectivity index (χ3v) is 4.02.